The number of carbonyl (C=O) groups is 2. The van der Waals surface area contributed by atoms with E-state index in [-0.39, 0.29) is 11.8 Å². The molecule has 0 spiro atoms. The van der Waals surface area contributed by atoms with Crippen molar-refractivity contribution in [3.8, 4) is 0 Å². The minimum atomic E-state index is -0.295. The smallest absolute Gasteiger partial charge is 0.255 e. The molecule has 0 radical (unpaired) electrons. The molecule has 3 aromatic rings. The van der Waals surface area contributed by atoms with Gasteiger partial charge in [0, 0.05) is 41.8 Å². The first-order valence-corrected chi connectivity index (χ1v) is 8.20. The normalized spacial score (nSPS) is 10.1. The van der Waals surface area contributed by atoms with Gasteiger partial charge >= 0.3 is 0 Å². The average molecular weight is 362 g/mol. The Morgan fingerprint density at radius 1 is 0.852 bits per heavy atom. The zero-order valence-electron chi connectivity index (χ0n) is 14.9. The van der Waals surface area contributed by atoms with Crippen molar-refractivity contribution in [1.29, 1.82) is 0 Å². The molecule has 0 saturated carbocycles. The van der Waals surface area contributed by atoms with E-state index in [0.29, 0.717) is 22.9 Å². The Balaban J connectivity index is 1.65. The number of aromatic nitrogens is 3. The highest BCUT2D eigenvalue weighted by atomic mass is 16.2. The van der Waals surface area contributed by atoms with Gasteiger partial charge in [0.25, 0.3) is 5.91 Å². The summed E-state index contributed by atoms with van der Waals surface area (Å²) in [5.74, 6) is 0.481. The van der Waals surface area contributed by atoms with Crippen molar-refractivity contribution < 1.29 is 9.59 Å². The molecule has 3 rings (SSSR count). The maximum atomic E-state index is 12.4. The molecule has 2 amide bonds. The molecular weight excluding hydrogens is 344 g/mol. The summed E-state index contributed by atoms with van der Waals surface area (Å²) in [5.41, 5.74) is 2.74. The molecule has 27 heavy (non-hydrogen) atoms. The number of benzene rings is 1. The van der Waals surface area contributed by atoms with Crippen molar-refractivity contribution in [3.63, 3.8) is 0 Å². The number of hydrogen-bond acceptors (Lipinski definition) is 6. The van der Waals surface area contributed by atoms with Gasteiger partial charge in [0.1, 0.15) is 18.0 Å². The third-order valence-electron chi connectivity index (χ3n) is 3.55. The largest absolute Gasteiger partial charge is 0.340 e. The summed E-state index contributed by atoms with van der Waals surface area (Å²) in [4.78, 5) is 35.7. The van der Waals surface area contributed by atoms with E-state index in [1.807, 2.05) is 25.1 Å². The second kappa shape index (κ2) is 8.05. The molecule has 2 aromatic heterocycles. The summed E-state index contributed by atoms with van der Waals surface area (Å²) < 4.78 is 0. The molecule has 0 unspecified atom stereocenters. The fourth-order valence-corrected chi connectivity index (χ4v) is 2.33. The van der Waals surface area contributed by atoms with Crippen LogP contribution in [-0.4, -0.2) is 26.8 Å². The van der Waals surface area contributed by atoms with Crippen molar-refractivity contribution >= 4 is 34.8 Å². The number of carbonyl (C=O) groups excluding carboxylic acids is 2. The number of amides is 2. The number of pyridine rings is 1. The van der Waals surface area contributed by atoms with E-state index in [1.165, 1.54) is 25.5 Å². The average Bonchev–Trinajstić information content (AvgIpc) is 2.63. The van der Waals surface area contributed by atoms with E-state index in [4.69, 9.17) is 0 Å². The van der Waals surface area contributed by atoms with Crippen LogP contribution in [0.5, 0.6) is 0 Å². The van der Waals surface area contributed by atoms with Gasteiger partial charge in [-0.05, 0) is 43.3 Å². The van der Waals surface area contributed by atoms with Crippen LogP contribution in [0.2, 0.25) is 0 Å². The van der Waals surface area contributed by atoms with Gasteiger partial charge in [-0.2, -0.15) is 0 Å². The number of hydrogen-bond donors (Lipinski definition) is 3. The van der Waals surface area contributed by atoms with Crippen LogP contribution in [0.25, 0.3) is 0 Å². The Bertz CT molecular complexity index is 972. The highest BCUT2D eigenvalue weighted by Gasteiger charge is 2.08. The highest BCUT2D eigenvalue weighted by molar-refractivity contribution is 6.05. The van der Waals surface area contributed by atoms with Gasteiger partial charge in [-0.15, -0.1) is 0 Å². The number of nitrogens with one attached hydrogen (secondary N) is 3. The predicted octanol–water partition coefficient (Wildman–Crippen LogP) is 3.13. The van der Waals surface area contributed by atoms with Crippen LogP contribution < -0.4 is 16.0 Å². The lowest BCUT2D eigenvalue weighted by atomic mass is 10.2. The zero-order chi connectivity index (χ0) is 19.2. The summed E-state index contributed by atoms with van der Waals surface area (Å²) in [6.45, 7) is 3.27. The lowest BCUT2D eigenvalue weighted by molar-refractivity contribution is -0.114. The van der Waals surface area contributed by atoms with E-state index in [9.17, 15) is 9.59 Å². The van der Waals surface area contributed by atoms with Crippen molar-refractivity contribution in [1.82, 2.24) is 15.0 Å². The summed E-state index contributed by atoms with van der Waals surface area (Å²) in [6, 6.07) is 12.2. The molecule has 8 nitrogen and oxygen atoms in total. The monoisotopic (exact) mass is 362 g/mol. The molecule has 0 aliphatic carbocycles. The summed E-state index contributed by atoms with van der Waals surface area (Å²) in [7, 11) is 0. The van der Waals surface area contributed by atoms with E-state index >= 15 is 0 Å². The van der Waals surface area contributed by atoms with Crippen LogP contribution in [0.1, 0.15) is 23.0 Å². The summed E-state index contributed by atoms with van der Waals surface area (Å²) in [5, 5.41) is 8.53. The van der Waals surface area contributed by atoms with Crippen LogP contribution in [0, 0.1) is 6.92 Å². The van der Waals surface area contributed by atoms with Crippen LogP contribution in [0.3, 0.4) is 0 Å². The van der Waals surface area contributed by atoms with Gasteiger partial charge in [-0.1, -0.05) is 0 Å². The van der Waals surface area contributed by atoms with Crippen LogP contribution in [0.4, 0.5) is 23.0 Å². The summed E-state index contributed by atoms with van der Waals surface area (Å²) in [6.07, 6.45) is 2.97. The number of aryl methyl sites for hydroxylation is 1. The first-order valence-electron chi connectivity index (χ1n) is 8.20. The SMILES string of the molecule is CC(=O)Nc1cc(C(=O)Nc2ccc(Nc3cc(C)ncn3)cc2)ccn1. The Kier molecular flexibility index (Phi) is 5.36. The predicted molar refractivity (Wildman–Crippen MR) is 103 cm³/mol. The lowest BCUT2D eigenvalue weighted by Crippen LogP contribution is -2.13. The molecule has 0 aliphatic rings. The van der Waals surface area contributed by atoms with Gasteiger partial charge in [0.2, 0.25) is 5.91 Å². The second-order valence-corrected chi connectivity index (χ2v) is 5.81. The van der Waals surface area contributed by atoms with Crippen molar-refractivity contribution in [2.75, 3.05) is 16.0 Å². The van der Waals surface area contributed by atoms with E-state index in [1.54, 1.807) is 18.2 Å². The molecule has 136 valence electrons. The zero-order valence-corrected chi connectivity index (χ0v) is 14.9. The molecule has 0 fully saturated rings. The minimum Gasteiger partial charge on any atom is -0.340 e. The second-order valence-electron chi connectivity index (χ2n) is 5.81. The maximum absolute atomic E-state index is 12.4. The molecule has 0 saturated heterocycles. The number of anilines is 4. The van der Waals surface area contributed by atoms with E-state index in [0.717, 1.165) is 11.4 Å². The molecule has 2 heterocycles. The van der Waals surface area contributed by atoms with E-state index in [2.05, 4.69) is 30.9 Å². The molecule has 0 aliphatic heterocycles. The first kappa shape index (κ1) is 18.0. The number of nitrogens with zero attached hydrogens (tertiary/aromatic N) is 3. The van der Waals surface area contributed by atoms with Crippen molar-refractivity contribution in [3.05, 3.63) is 66.2 Å². The Morgan fingerprint density at radius 2 is 1.59 bits per heavy atom. The number of rotatable bonds is 5. The third-order valence-corrected chi connectivity index (χ3v) is 3.55. The first-order chi connectivity index (χ1) is 13.0. The molecule has 8 heteroatoms. The third kappa shape index (κ3) is 5.08. The standard InChI is InChI=1S/C19H18N6O2/c1-12-9-17(22-11-21-12)24-15-3-5-16(6-4-15)25-19(27)14-7-8-20-18(10-14)23-13(2)26/h3-11H,1-2H3,(H,25,27)(H,20,23,26)(H,21,22,24). The van der Waals surface area contributed by atoms with Gasteiger partial charge in [0.05, 0.1) is 0 Å². The molecule has 0 bridgehead atoms. The molecule has 3 N–H and O–H groups in total. The fraction of sp³-hybridized carbons (Fsp3) is 0.105. The van der Waals surface area contributed by atoms with Crippen LogP contribution in [0.15, 0.2) is 55.0 Å². The van der Waals surface area contributed by atoms with Crippen molar-refractivity contribution in [2.45, 2.75) is 13.8 Å². The molecular formula is C19H18N6O2. The highest BCUT2D eigenvalue weighted by Crippen LogP contribution is 2.18. The Morgan fingerprint density at radius 3 is 2.30 bits per heavy atom. The summed E-state index contributed by atoms with van der Waals surface area (Å²) >= 11 is 0. The quantitative estimate of drug-likeness (QED) is 0.643. The van der Waals surface area contributed by atoms with Crippen molar-refractivity contribution in [2.24, 2.45) is 0 Å². The van der Waals surface area contributed by atoms with Gasteiger partial charge < -0.3 is 16.0 Å². The molecule has 1 aromatic carbocycles. The van der Waals surface area contributed by atoms with E-state index < -0.39 is 0 Å². The Labute approximate surface area is 156 Å². The topological polar surface area (TPSA) is 109 Å². The van der Waals surface area contributed by atoms with Crippen LogP contribution >= 0.6 is 0 Å². The lowest BCUT2D eigenvalue weighted by Gasteiger charge is -2.09. The van der Waals surface area contributed by atoms with Crippen LogP contribution in [-0.2, 0) is 4.79 Å². The minimum absolute atomic E-state index is 0.248. The van der Waals surface area contributed by atoms with Gasteiger partial charge in [-0.3, -0.25) is 9.59 Å². The van der Waals surface area contributed by atoms with Gasteiger partial charge in [0.15, 0.2) is 0 Å². The maximum Gasteiger partial charge on any atom is 0.255 e. The molecule has 0 atom stereocenters. The fourth-order valence-electron chi connectivity index (χ4n) is 2.33. The Hall–Kier alpha value is -3.81. The van der Waals surface area contributed by atoms with Gasteiger partial charge in [-0.25, -0.2) is 15.0 Å².